The maximum atomic E-state index is 13.4. The molecule has 3 N–H and O–H groups in total. The first-order valence-electron chi connectivity index (χ1n) is 10.2. The first-order valence-corrected chi connectivity index (χ1v) is 10.2. The van der Waals surface area contributed by atoms with Gasteiger partial charge in [0, 0.05) is 11.8 Å². The molecule has 3 heterocycles. The fourth-order valence-electron chi connectivity index (χ4n) is 3.58. The third-order valence-electron chi connectivity index (χ3n) is 5.16. The van der Waals surface area contributed by atoms with Crippen molar-refractivity contribution in [3.8, 4) is 22.7 Å². The Bertz CT molecular complexity index is 1420. The van der Waals surface area contributed by atoms with E-state index in [0.717, 1.165) is 11.3 Å². The van der Waals surface area contributed by atoms with Crippen LogP contribution < -0.4 is 15.8 Å². The van der Waals surface area contributed by atoms with Crippen molar-refractivity contribution in [3.63, 3.8) is 0 Å². The zero-order valence-electron chi connectivity index (χ0n) is 17.7. The number of anilines is 2. The third kappa shape index (κ3) is 3.91. The molecule has 0 fully saturated rings. The molecule has 0 aliphatic heterocycles. The molecule has 8 nitrogen and oxygen atoms in total. The summed E-state index contributed by atoms with van der Waals surface area (Å²) in [7, 11) is 1.60. The number of nitrogens with zero attached hydrogens (tertiary/aromatic N) is 5. The highest BCUT2D eigenvalue weighted by molar-refractivity contribution is 6.00. The van der Waals surface area contributed by atoms with Gasteiger partial charge in [-0.15, -0.1) is 5.10 Å². The number of halogens is 1. The molecule has 0 saturated carbocycles. The number of hydrogen-bond acceptors (Lipinski definition) is 7. The molecule has 0 atom stereocenters. The number of nitrogens with one attached hydrogen (secondary N) is 1. The quantitative estimate of drug-likeness (QED) is 0.407. The van der Waals surface area contributed by atoms with E-state index < -0.39 is 0 Å². The van der Waals surface area contributed by atoms with Gasteiger partial charge in [-0.1, -0.05) is 18.2 Å². The van der Waals surface area contributed by atoms with Crippen molar-refractivity contribution in [2.45, 2.75) is 6.54 Å². The van der Waals surface area contributed by atoms with Crippen LogP contribution in [0.2, 0.25) is 0 Å². The van der Waals surface area contributed by atoms with Gasteiger partial charge in [-0.25, -0.2) is 14.1 Å². The third-order valence-corrected chi connectivity index (χ3v) is 5.16. The average molecular weight is 441 g/mol. The van der Waals surface area contributed by atoms with Gasteiger partial charge in [-0.3, -0.25) is 4.98 Å². The van der Waals surface area contributed by atoms with Crippen LogP contribution in [0.3, 0.4) is 0 Å². The summed E-state index contributed by atoms with van der Waals surface area (Å²) in [6.45, 7) is 0.436. The molecule has 2 aromatic carbocycles. The van der Waals surface area contributed by atoms with Gasteiger partial charge < -0.3 is 15.8 Å². The van der Waals surface area contributed by atoms with Gasteiger partial charge in [0.2, 0.25) is 5.95 Å². The van der Waals surface area contributed by atoms with Crippen LogP contribution in [0.25, 0.3) is 28.0 Å². The Morgan fingerprint density at radius 1 is 1.00 bits per heavy atom. The van der Waals surface area contributed by atoms with E-state index in [4.69, 9.17) is 15.5 Å². The number of fused-ring (bicyclic) bond motifs is 1. The molecule has 5 rings (SSSR count). The highest BCUT2D eigenvalue weighted by Gasteiger charge is 2.21. The van der Waals surface area contributed by atoms with E-state index in [9.17, 15) is 4.39 Å². The Balaban J connectivity index is 1.67. The number of aromatic nitrogens is 5. The summed E-state index contributed by atoms with van der Waals surface area (Å²) in [5, 5.41) is 8.38. The molecular formula is C24H20FN7O. The van der Waals surface area contributed by atoms with Crippen molar-refractivity contribution in [2.75, 3.05) is 18.2 Å². The molecular weight excluding hydrogens is 421 g/mol. The lowest BCUT2D eigenvalue weighted by Gasteiger charge is -2.11. The summed E-state index contributed by atoms with van der Waals surface area (Å²) >= 11 is 0. The largest absolute Gasteiger partial charge is 0.496 e. The van der Waals surface area contributed by atoms with E-state index in [1.54, 1.807) is 25.4 Å². The summed E-state index contributed by atoms with van der Waals surface area (Å²) in [5.41, 5.74) is 9.69. The Morgan fingerprint density at radius 3 is 2.55 bits per heavy atom. The number of ether oxygens (including phenoxy) is 1. The standard InChI is InChI=1S/C24H20FN7O/c1-33-19-8-3-2-7-18(19)21-20-22(26)32(17-11-9-15(25)10-12-17)31-23(20)30-24(29-21)28-14-16-6-4-5-13-27-16/h2-13H,14,26H2,1H3,(H,28,30,31). The molecule has 0 aliphatic rings. The Kier molecular flexibility index (Phi) is 5.27. The molecule has 0 radical (unpaired) electrons. The lowest BCUT2D eigenvalue weighted by Crippen LogP contribution is -2.06. The molecule has 3 aromatic heterocycles. The molecule has 0 unspecified atom stereocenters. The van der Waals surface area contributed by atoms with Crippen LogP contribution >= 0.6 is 0 Å². The van der Waals surface area contributed by atoms with Crippen LogP contribution in [0.4, 0.5) is 16.2 Å². The van der Waals surface area contributed by atoms with Crippen molar-refractivity contribution in [2.24, 2.45) is 0 Å². The first kappa shape index (κ1) is 20.4. The number of hydrogen-bond donors (Lipinski definition) is 2. The highest BCUT2D eigenvalue weighted by Crippen LogP contribution is 2.37. The van der Waals surface area contributed by atoms with Gasteiger partial charge >= 0.3 is 0 Å². The van der Waals surface area contributed by atoms with Crippen molar-refractivity contribution < 1.29 is 9.13 Å². The zero-order chi connectivity index (χ0) is 22.8. The van der Waals surface area contributed by atoms with E-state index in [-0.39, 0.29) is 5.82 Å². The normalized spacial score (nSPS) is 11.0. The summed E-state index contributed by atoms with van der Waals surface area (Å²) in [6, 6.07) is 19.1. The Morgan fingerprint density at radius 2 is 1.79 bits per heavy atom. The van der Waals surface area contributed by atoms with Gasteiger partial charge in [0.15, 0.2) is 5.65 Å². The van der Waals surface area contributed by atoms with Crippen molar-refractivity contribution >= 4 is 22.8 Å². The van der Waals surface area contributed by atoms with E-state index >= 15 is 0 Å². The van der Waals surface area contributed by atoms with E-state index in [1.165, 1.54) is 16.8 Å². The van der Waals surface area contributed by atoms with Crippen molar-refractivity contribution in [1.82, 2.24) is 24.7 Å². The number of pyridine rings is 1. The van der Waals surface area contributed by atoms with Crippen LogP contribution in [-0.2, 0) is 6.54 Å². The monoisotopic (exact) mass is 441 g/mol. The van der Waals surface area contributed by atoms with Gasteiger partial charge in [0.1, 0.15) is 17.4 Å². The van der Waals surface area contributed by atoms with Crippen molar-refractivity contribution in [1.29, 1.82) is 0 Å². The molecule has 0 amide bonds. The van der Waals surface area contributed by atoms with E-state index in [2.05, 4.69) is 20.4 Å². The molecule has 5 aromatic rings. The second-order valence-corrected chi connectivity index (χ2v) is 7.24. The molecule has 164 valence electrons. The topological polar surface area (TPSA) is 104 Å². The van der Waals surface area contributed by atoms with Gasteiger partial charge in [0.25, 0.3) is 0 Å². The minimum absolute atomic E-state index is 0.341. The number of rotatable bonds is 6. The fraction of sp³-hybridized carbons (Fsp3) is 0.0833. The minimum atomic E-state index is -0.343. The van der Waals surface area contributed by atoms with Crippen LogP contribution in [0.1, 0.15) is 5.69 Å². The predicted molar refractivity (Wildman–Crippen MR) is 125 cm³/mol. The van der Waals surface area contributed by atoms with E-state index in [0.29, 0.717) is 46.5 Å². The molecule has 33 heavy (non-hydrogen) atoms. The number of benzene rings is 2. The van der Waals surface area contributed by atoms with Crippen LogP contribution in [0, 0.1) is 5.82 Å². The minimum Gasteiger partial charge on any atom is -0.496 e. The lowest BCUT2D eigenvalue weighted by atomic mass is 10.1. The molecule has 0 bridgehead atoms. The molecule has 0 aliphatic carbocycles. The smallest absolute Gasteiger partial charge is 0.225 e. The summed E-state index contributed by atoms with van der Waals surface area (Å²) < 4.78 is 20.5. The Labute approximate surface area is 188 Å². The zero-order valence-corrected chi connectivity index (χ0v) is 17.7. The maximum Gasteiger partial charge on any atom is 0.225 e. The highest BCUT2D eigenvalue weighted by atomic mass is 19.1. The van der Waals surface area contributed by atoms with Crippen LogP contribution in [-0.4, -0.2) is 31.8 Å². The lowest BCUT2D eigenvalue weighted by molar-refractivity contribution is 0.416. The Hall–Kier alpha value is -4.53. The number of para-hydroxylation sites is 1. The SMILES string of the molecule is COc1ccccc1-c1nc(NCc2ccccn2)nc2nn(-c3ccc(F)cc3)c(N)c12. The number of nitrogens with two attached hydrogens (primary N) is 1. The number of methoxy groups -OCH3 is 1. The van der Waals surface area contributed by atoms with Crippen LogP contribution in [0.15, 0.2) is 72.9 Å². The van der Waals surface area contributed by atoms with Gasteiger partial charge in [-0.05, 0) is 48.5 Å². The maximum absolute atomic E-state index is 13.4. The predicted octanol–water partition coefficient (Wildman–Crippen LogP) is 4.22. The summed E-state index contributed by atoms with van der Waals surface area (Å²) in [4.78, 5) is 13.7. The molecule has 0 spiro atoms. The summed E-state index contributed by atoms with van der Waals surface area (Å²) in [5.74, 6) is 1.01. The van der Waals surface area contributed by atoms with Crippen LogP contribution in [0.5, 0.6) is 5.75 Å². The summed E-state index contributed by atoms with van der Waals surface area (Å²) in [6.07, 6.45) is 1.73. The average Bonchev–Trinajstić information content (AvgIpc) is 3.19. The van der Waals surface area contributed by atoms with E-state index in [1.807, 2.05) is 42.5 Å². The number of nitrogen functional groups attached to an aromatic ring is 1. The van der Waals surface area contributed by atoms with Gasteiger partial charge in [-0.2, -0.15) is 4.98 Å². The second kappa shape index (κ2) is 8.54. The first-order chi connectivity index (χ1) is 16.1. The second-order valence-electron chi connectivity index (χ2n) is 7.24. The fourth-order valence-corrected chi connectivity index (χ4v) is 3.58. The molecule has 9 heteroatoms. The van der Waals surface area contributed by atoms with Gasteiger partial charge in [0.05, 0.1) is 36.1 Å². The molecule has 0 saturated heterocycles. The van der Waals surface area contributed by atoms with Crippen molar-refractivity contribution in [3.05, 3.63) is 84.4 Å².